The van der Waals surface area contributed by atoms with Crippen LogP contribution in [0.25, 0.3) is 0 Å². The fraction of sp³-hybridized carbons (Fsp3) is 0.438. The lowest BCUT2D eigenvalue weighted by atomic mass is 10.0. The Morgan fingerprint density at radius 3 is 2.84 bits per heavy atom. The molecule has 0 saturated heterocycles. The first-order chi connectivity index (χ1) is 9.10. The number of rotatable bonds is 4. The first kappa shape index (κ1) is 15.3. The normalized spacial score (nSPS) is 11.4. The van der Waals surface area contributed by atoms with E-state index < -0.39 is 0 Å². The summed E-state index contributed by atoms with van der Waals surface area (Å²) in [5.74, 6) is 6.26. The smallest absolute Gasteiger partial charge is 0.251 e. The van der Waals surface area contributed by atoms with Gasteiger partial charge in [0, 0.05) is 17.7 Å². The molecule has 0 aromatic heterocycles. The Hall–Kier alpha value is -1.79. The van der Waals surface area contributed by atoms with Crippen LogP contribution in [0.3, 0.4) is 0 Å². The molecule has 0 aliphatic carbocycles. The second-order valence-corrected chi connectivity index (χ2v) is 4.71. The van der Waals surface area contributed by atoms with E-state index in [1.807, 2.05) is 25.1 Å². The Labute approximate surface area is 115 Å². The first-order valence-electron chi connectivity index (χ1n) is 6.66. The van der Waals surface area contributed by atoms with E-state index in [0.717, 1.165) is 17.5 Å². The van der Waals surface area contributed by atoms with Crippen molar-refractivity contribution in [1.29, 1.82) is 0 Å². The van der Waals surface area contributed by atoms with Crippen LogP contribution in [-0.2, 0) is 0 Å². The van der Waals surface area contributed by atoms with Gasteiger partial charge in [0.2, 0.25) is 0 Å². The van der Waals surface area contributed by atoms with Gasteiger partial charge >= 0.3 is 0 Å². The van der Waals surface area contributed by atoms with Crippen molar-refractivity contribution in [2.45, 2.75) is 27.2 Å². The fourth-order valence-corrected chi connectivity index (χ4v) is 1.67. The Morgan fingerprint density at radius 1 is 1.47 bits per heavy atom. The van der Waals surface area contributed by atoms with E-state index in [-0.39, 0.29) is 5.91 Å². The Kier molecular flexibility index (Phi) is 6.11. The Bertz CT molecular complexity index is 497. The van der Waals surface area contributed by atoms with Crippen LogP contribution < -0.4 is 11.1 Å². The summed E-state index contributed by atoms with van der Waals surface area (Å²) < 4.78 is 0. The van der Waals surface area contributed by atoms with Crippen molar-refractivity contribution in [1.82, 2.24) is 5.32 Å². The lowest BCUT2D eigenvalue weighted by Crippen LogP contribution is -2.28. The number of carbonyl (C=O) groups excluding carboxylic acids is 1. The molecular formula is C16H22N2O. The summed E-state index contributed by atoms with van der Waals surface area (Å²) in [4.78, 5) is 12.1. The lowest BCUT2D eigenvalue weighted by molar-refractivity contribution is 0.0947. The van der Waals surface area contributed by atoms with Crippen LogP contribution in [0, 0.1) is 24.7 Å². The second kappa shape index (κ2) is 7.60. The number of nitrogens with two attached hydrogens (primary N) is 1. The lowest BCUT2D eigenvalue weighted by Gasteiger charge is -2.12. The number of nitrogens with one attached hydrogen (secondary N) is 1. The average Bonchev–Trinajstić information content (AvgIpc) is 2.43. The molecule has 0 heterocycles. The molecule has 1 rings (SSSR count). The Balaban J connectivity index is 2.86. The van der Waals surface area contributed by atoms with Gasteiger partial charge in [-0.25, -0.2) is 0 Å². The molecule has 1 amide bonds. The molecule has 1 unspecified atom stereocenters. The number of hydrogen-bond donors (Lipinski definition) is 2. The maximum Gasteiger partial charge on any atom is 0.251 e. The van der Waals surface area contributed by atoms with E-state index in [4.69, 9.17) is 5.73 Å². The van der Waals surface area contributed by atoms with E-state index in [0.29, 0.717) is 24.6 Å². The molecule has 19 heavy (non-hydrogen) atoms. The van der Waals surface area contributed by atoms with Gasteiger partial charge in [-0.05, 0) is 30.5 Å². The summed E-state index contributed by atoms with van der Waals surface area (Å²) in [5.41, 5.74) is 7.82. The molecule has 0 spiro atoms. The van der Waals surface area contributed by atoms with Crippen molar-refractivity contribution in [2.75, 3.05) is 13.1 Å². The van der Waals surface area contributed by atoms with Gasteiger partial charge in [0.1, 0.15) is 0 Å². The molecule has 3 heteroatoms. The van der Waals surface area contributed by atoms with Gasteiger partial charge in [-0.2, -0.15) is 0 Å². The van der Waals surface area contributed by atoms with Gasteiger partial charge in [-0.3, -0.25) is 4.79 Å². The minimum absolute atomic E-state index is 0.0331. The molecule has 0 saturated carbocycles. The van der Waals surface area contributed by atoms with Crippen molar-refractivity contribution in [2.24, 2.45) is 11.7 Å². The third kappa shape index (κ3) is 4.42. The molecule has 0 aliphatic rings. The van der Waals surface area contributed by atoms with Crippen LogP contribution in [-0.4, -0.2) is 19.0 Å². The van der Waals surface area contributed by atoms with Crippen molar-refractivity contribution >= 4 is 5.91 Å². The zero-order chi connectivity index (χ0) is 14.3. The standard InChI is InChI=1S/C16H22N2O/c1-4-12(2)11-18-16(19)15-9-5-7-14(13(15)3)8-6-10-17/h5,7,9,12H,4,10-11,17H2,1-3H3,(H,18,19). The summed E-state index contributed by atoms with van der Waals surface area (Å²) in [6, 6.07) is 5.59. The highest BCUT2D eigenvalue weighted by molar-refractivity contribution is 5.96. The zero-order valence-corrected chi connectivity index (χ0v) is 11.9. The van der Waals surface area contributed by atoms with Gasteiger partial charge in [-0.15, -0.1) is 0 Å². The summed E-state index contributed by atoms with van der Waals surface area (Å²) in [5, 5.41) is 2.96. The summed E-state index contributed by atoms with van der Waals surface area (Å²) in [6.07, 6.45) is 1.06. The quantitative estimate of drug-likeness (QED) is 0.812. The molecule has 102 valence electrons. The van der Waals surface area contributed by atoms with Gasteiger partial charge in [0.25, 0.3) is 5.91 Å². The molecule has 3 N–H and O–H groups in total. The van der Waals surface area contributed by atoms with Crippen LogP contribution >= 0.6 is 0 Å². The molecule has 0 fully saturated rings. The van der Waals surface area contributed by atoms with E-state index in [1.165, 1.54) is 0 Å². The molecule has 0 bridgehead atoms. The van der Waals surface area contributed by atoms with E-state index in [9.17, 15) is 4.79 Å². The zero-order valence-electron chi connectivity index (χ0n) is 11.9. The monoisotopic (exact) mass is 258 g/mol. The van der Waals surface area contributed by atoms with Crippen molar-refractivity contribution < 1.29 is 4.79 Å². The number of amides is 1. The molecule has 3 nitrogen and oxygen atoms in total. The molecule has 0 radical (unpaired) electrons. The topological polar surface area (TPSA) is 55.1 Å². The van der Waals surface area contributed by atoms with Crippen molar-refractivity contribution in [3.8, 4) is 11.8 Å². The predicted octanol–water partition coefficient (Wildman–Crippen LogP) is 2.08. The average molecular weight is 258 g/mol. The SMILES string of the molecule is CCC(C)CNC(=O)c1cccc(C#CCN)c1C. The highest BCUT2D eigenvalue weighted by atomic mass is 16.1. The van der Waals surface area contributed by atoms with Gasteiger partial charge in [0.05, 0.1) is 6.54 Å². The number of carbonyl (C=O) groups is 1. The first-order valence-corrected chi connectivity index (χ1v) is 6.66. The van der Waals surface area contributed by atoms with Crippen LogP contribution in [0.1, 0.15) is 41.8 Å². The molecule has 0 aliphatic heterocycles. The van der Waals surface area contributed by atoms with Crippen LogP contribution in [0.2, 0.25) is 0 Å². The van der Waals surface area contributed by atoms with Crippen molar-refractivity contribution in [3.05, 3.63) is 34.9 Å². The van der Waals surface area contributed by atoms with E-state index in [2.05, 4.69) is 31.0 Å². The maximum atomic E-state index is 12.1. The fourth-order valence-electron chi connectivity index (χ4n) is 1.67. The number of benzene rings is 1. The molecule has 1 aromatic rings. The highest BCUT2D eigenvalue weighted by Crippen LogP contribution is 2.13. The number of hydrogen-bond acceptors (Lipinski definition) is 2. The van der Waals surface area contributed by atoms with Crippen LogP contribution in [0.4, 0.5) is 0 Å². The summed E-state index contributed by atoms with van der Waals surface area (Å²) in [6.45, 7) is 7.18. The van der Waals surface area contributed by atoms with Crippen LogP contribution in [0.5, 0.6) is 0 Å². The van der Waals surface area contributed by atoms with Crippen molar-refractivity contribution in [3.63, 3.8) is 0 Å². The Morgan fingerprint density at radius 2 is 2.21 bits per heavy atom. The predicted molar refractivity (Wildman–Crippen MR) is 78.9 cm³/mol. The largest absolute Gasteiger partial charge is 0.352 e. The second-order valence-electron chi connectivity index (χ2n) is 4.71. The van der Waals surface area contributed by atoms with E-state index >= 15 is 0 Å². The van der Waals surface area contributed by atoms with Crippen LogP contribution in [0.15, 0.2) is 18.2 Å². The maximum absolute atomic E-state index is 12.1. The van der Waals surface area contributed by atoms with Gasteiger partial charge in [-0.1, -0.05) is 38.2 Å². The van der Waals surface area contributed by atoms with Gasteiger partial charge < -0.3 is 11.1 Å². The molecule has 1 aromatic carbocycles. The summed E-state index contributed by atoms with van der Waals surface area (Å²) >= 11 is 0. The highest BCUT2D eigenvalue weighted by Gasteiger charge is 2.11. The van der Waals surface area contributed by atoms with Gasteiger partial charge in [0.15, 0.2) is 0 Å². The summed E-state index contributed by atoms with van der Waals surface area (Å²) in [7, 11) is 0. The third-order valence-electron chi connectivity index (χ3n) is 3.21. The third-order valence-corrected chi connectivity index (χ3v) is 3.21. The van der Waals surface area contributed by atoms with E-state index in [1.54, 1.807) is 0 Å². The molecule has 1 atom stereocenters. The minimum atomic E-state index is -0.0331. The minimum Gasteiger partial charge on any atom is -0.352 e. The molecular weight excluding hydrogens is 236 g/mol.